The van der Waals surface area contributed by atoms with Crippen molar-refractivity contribution in [3.8, 4) is 11.5 Å². The molecule has 1 N–H and O–H groups in total. The number of hydrogen-bond acceptors (Lipinski definition) is 9. The second-order valence-corrected chi connectivity index (χ2v) is 7.97. The predicted molar refractivity (Wildman–Crippen MR) is 122 cm³/mol. The van der Waals surface area contributed by atoms with Crippen molar-refractivity contribution < 1.29 is 42.9 Å². The van der Waals surface area contributed by atoms with Crippen molar-refractivity contribution in [2.45, 2.75) is 33.4 Å². The van der Waals surface area contributed by atoms with Crippen LogP contribution in [-0.2, 0) is 20.9 Å². The van der Waals surface area contributed by atoms with Gasteiger partial charge in [0.1, 0.15) is 18.4 Å². The van der Waals surface area contributed by atoms with E-state index in [4.69, 9.17) is 23.7 Å². The maximum absolute atomic E-state index is 12.8. The molecular weight excluding hydrogens is 466 g/mol. The Balaban J connectivity index is 1.77. The lowest BCUT2D eigenvalue weighted by Gasteiger charge is -2.19. The number of benzene rings is 1. The standard InChI is InChI=1S/C23H23NO9S/c1-4-30-18-10-14(6-8-16(18)32-12-15-7-9-17(33-15)21(26)27)11-19-20(25)24(23(29)34-19)13(3)22(28)31-5-2/h6-11,13H,4-5,12H2,1-3H3,(H,26,27). The third-order valence-corrected chi connectivity index (χ3v) is 5.53. The number of esters is 1. The molecular formula is C23H23NO9S. The van der Waals surface area contributed by atoms with Gasteiger partial charge in [0.2, 0.25) is 5.76 Å². The first-order valence-corrected chi connectivity index (χ1v) is 11.2. The number of aromatic carboxylic acids is 1. The Morgan fingerprint density at radius 3 is 2.53 bits per heavy atom. The number of furan rings is 1. The molecule has 2 amide bonds. The summed E-state index contributed by atoms with van der Waals surface area (Å²) >= 11 is 0.734. The molecule has 0 radical (unpaired) electrons. The first-order chi connectivity index (χ1) is 16.2. The molecule has 1 aromatic carbocycles. The number of amides is 2. The largest absolute Gasteiger partial charge is 0.490 e. The van der Waals surface area contributed by atoms with Crippen LogP contribution in [-0.4, -0.2) is 52.3 Å². The minimum absolute atomic E-state index is 0.0165. The zero-order valence-corrected chi connectivity index (χ0v) is 19.5. The van der Waals surface area contributed by atoms with Crippen LogP contribution >= 0.6 is 11.8 Å². The van der Waals surface area contributed by atoms with Gasteiger partial charge in [-0.3, -0.25) is 14.5 Å². The molecule has 0 spiro atoms. The number of ether oxygens (including phenoxy) is 3. The lowest BCUT2D eigenvalue weighted by molar-refractivity contribution is -0.150. The minimum Gasteiger partial charge on any atom is -0.490 e. The maximum Gasteiger partial charge on any atom is 0.371 e. The molecule has 1 unspecified atom stereocenters. The normalized spacial score (nSPS) is 15.5. The summed E-state index contributed by atoms with van der Waals surface area (Å²) in [4.78, 5) is 49.1. The number of rotatable bonds is 10. The summed E-state index contributed by atoms with van der Waals surface area (Å²) in [5.74, 6) is -1.50. The molecule has 1 aliphatic rings. The number of thioether (sulfide) groups is 1. The lowest BCUT2D eigenvalue weighted by Crippen LogP contribution is -2.42. The summed E-state index contributed by atoms with van der Waals surface area (Å²) in [5, 5.41) is 8.39. The van der Waals surface area contributed by atoms with Gasteiger partial charge in [0.15, 0.2) is 11.5 Å². The van der Waals surface area contributed by atoms with Gasteiger partial charge in [0.25, 0.3) is 11.1 Å². The van der Waals surface area contributed by atoms with Crippen molar-refractivity contribution >= 4 is 40.9 Å². The van der Waals surface area contributed by atoms with Crippen LogP contribution in [0.3, 0.4) is 0 Å². The fraction of sp³-hybridized carbons (Fsp3) is 0.304. The fourth-order valence-corrected chi connectivity index (χ4v) is 3.96. The first-order valence-electron chi connectivity index (χ1n) is 10.4. The highest BCUT2D eigenvalue weighted by molar-refractivity contribution is 8.18. The van der Waals surface area contributed by atoms with Gasteiger partial charge in [-0.25, -0.2) is 9.59 Å². The molecule has 10 nitrogen and oxygen atoms in total. The Labute approximate surface area is 199 Å². The molecule has 1 atom stereocenters. The third kappa shape index (κ3) is 5.60. The number of carboxylic acid groups (broad SMARTS) is 1. The summed E-state index contributed by atoms with van der Waals surface area (Å²) in [6, 6.07) is 6.76. The highest BCUT2D eigenvalue weighted by Crippen LogP contribution is 2.36. The Morgan fingerprint density at radius 2 is 1.88 bits per heavy atom. The molecule has 1 aliphatic heterocycles. The van der Waals surface area contributed by atoms with E-state index in [1.165, 1.54) is 25.1 Å². The van der Waals surface area contributed by atoms with Crippen LogP contribution in [0.2, 0.25) is 0 Å². The third-order valence-electron chi connectivity index (χ3n) is 4.65. The van der Waals surface area contributed by atoms with E-state index in [2.05, 4.69) is 0 Å². The van der Waals surface area contributed by atoms with Crippen molar-refractivity contribution in [1.82, 2.24) is 4.90 Å². The molecule has 1 aromatic heterocycles. The molecule has 3 rings (SSSR count). The highest BCUT2D eigenvalue weighted by atomic mass is 32.2. The number of carbonyl (C=O) groups excluding carboxylic acids is 3. The lowest BCUT2D eigenvalue weighted by atomic mass is 10.1. The summed E-state index contributed by atoms with van der Waals surface area (Å²) in [6.07, 6.45) is 1.53. The number of nitrogens with zero attached hydrogens (tertiary/aromatic N) is 1. The molecule has 1 fully saturated rings. The molecule has 11 heteroatoms. The molecule has 2 aromatic rings. The van der Waals surface area contributed by atoms with Gasteiger partial charge in [-0.1, -0.05) is 6.07 Å². The van der Waals surface area contributed by atoms with E-state index >= 15 is 0 Å². The Bertz CT molecular complexity index is 1140. The highest BCUT2D eigenvalue weighted by Gasteiger charge is 2.41. The maximum atomic E-state index is 12.8. The number of carbonyl (C=O) groups is 4. The van der Waals surface area contributed by atoms with Crippen molar-refractivity contribution in [2.75, 3.05) is 13.2 Å². The van der Waals surface area contributed by atoms with E-state index in [0.717, 1.165) is 16.7 Å². The van der Waals surface area contributed by atoms with Crippen LogP contribution in [0.5, 0.6) is 11.5 Å². The molecule has 0 bridgehead atoms. The summed E-state index contributed by atoms with van der Waals surface area (Å²) in [5.41, 5.74) is 0.580. The van der Waals surface area contributed by atoms with Crippen molar-refractivity contribution in [3.63, 3.8) is 0 Å². The Morgan fingerprint density at radius 1 is 1.12 bits per heavy atom. The molecule has 0 aliphatic carbocycles. The summed E-state index contributed by atoms with van der Waals surface area (Å²) < 4.78 is 21.4. The number of hydrogen-bond donors (Lipinski definition) is 1. The van der Waals surface area contributed by atoms with Crippen molar-refractivity contribution in [2.24, 2.45) is 0 Å². The van der Waals surface area contributed by atoms with Gasteiger partial charge in [0.05, 0.1) is 18.1 Å². The van der Waals surface area contributed by atoms with E-state index in [1.807, 2.05) is 0 Å². The van der Waals surface area contributed by atoms with Gasteiger partial charge in [-0.15, -0.1) is 0 Å². The monoisotopic (exact) mass is 489 g/mol. The Hall–Kier alpha value is -3.73. The Kier molecular flexibility index (Phi) is 8.00. The van der Waals surface area contributed by atoms with Gasteiger partial charge < -0.3 is 23.7 Å². The predicted octanol–water partition coefficient (Wildman–Crippen LogP) is 3.94. The van der Waals surface area contributed by atoms with Gasteiger partial charge in [-0.05, 0) is 68.4 Å². The van der Waals surface area contributed by atoms with Crippen LogP contribution in [0, 0.1) is 0 Å². The van der Waals surface area contributed by atoms with Crippen LogP contribution < -0.4 is 9.47 Å². The molecule has 1 saturated heterocycles. The van der Waals surface area contributed by atoms with E-state index in [9.17, 15) is 19.2 Å². The van der Waals surface area contributed by atoms with E-state index in [1.54, 1.807) is 32.0 Å². The number of imide groups is 1. The van der Waals surface area contributed by atoms with Gasteiger partial charge >= 0.3 is 11.9 Å². The SMILES string of the molecule is CCOC(=O)C(C)N1C(=O)SC(=Cc2ccc(OCc3ccc(C(=O)O)o3)c(OCC)c2)C1=O. The van der Waals surface area contributed by atoms with E-state index in [0.29, 0.717) is 29.4 Å². The first kappa shape index (κ1) is 24.9. The molecule has 0 saturated carbocycles. The zero-order chi connectivity index (χ0) is 24.8. The smallest absolute Gasteiger partial charge is 0.371 e. The van der Waals surface area contributed by atoms with Crippen LogP contribution in [0.15, 0.2) is 39.7 Å². The molecule has 180 valence electrons. The van der Waals surface area contributed by atoms with Crippen LogP contribution in [0.25, 0.3) is 6.08 Å². The van der Waals surface area contributed by atoms with E-state index < -0.39 is 29.1 Å². The van der Waals surface area contributed by atoms with Crippen molar-refractivity contribution in [3.05, 3.63) is 52.3 Å². The minimum atomic E-state index is -1.17. The average molecular weight is 490 g/mol. The second-order valence-electron chi connectivity index (χ2n) is 6.98. The molecule has 34 heavy (non-hydrogen) atoms. The zero-order valence-electron chi connectivity index (χ0n) is 18.7. The summed E-state index contributed by atoms with van der Waals surface area (Å²) in [6.45, 7) is 5.35. The van der Waals surface area contributed by atoms with Crippen molar-refractivity contribution in [1.29, 1.82) is 0 Å². The van der Waals surface area contributed by atoms with Gasteiger partial charge in [-0.2, -0.15) is 0 Å². The van der Waals surface area contributed by atoms with Crippen LogP contribution in [0.1, 0.15) is 42.6 Å². The molecule has 2 heterocycles. The quantitative estimate of drug-likeness (QED) is 0.386. The topological polar surface area (TPSA) is 133 Å². The second kappa shape index (κ2) is 10.9. The van der Waals surface area contributed by atoms with Gasteiger partial charge in [0, 0.05) is 0 Å². The average Bonchev–Trinajstić information content (AvgIpc) is 3.38. The summed E-state index contributed by atoms with van der Waals surface area (Å²) in [7, 11) is 0. The number of carboxylic acids is 1. The fourth-order valence-electron chi connectivity index (χ4n) is 3.05. The van der Waals surface area contributed by atoms with Crippen LogP contribution in [0.4, 0.5) is 4.79 Å². The van der Waals surface area contributed by atoms with E-state index in [-0.39, 0.29) is 23.9 Å².